The largest absolute Gasteiger partial charge is 0.328 e. The Kier molecular flexibility index (Phi) is 5.82. The molecule has 1 aromatic heterocycles. The minimum absolute atomic E-state index is 0.118. The van der Waals surface area contributed by atoms with Gasteiger partial charge in [0.05, 0.1) is 5.69 Å². The summed E-state index contributed by atoms with van der Waals surface area (Å²) in [6, 6.07) is 5.56. The number of nitrogens with one attached hydrogen (secondary N) is 1. The van der Waals surface area contributed by atoms with Crippen molar-refractivity contribution in [3.8, 4) is 0 Å². The van der Waals surface area contributed by atoms with Crippen molar-refractivity contribution < 1.29 is 4.79 Å². The fourth-order valence-electron chi connectivity index (χ4n) is 3.98. The summed E-state index contributed by atoms with van der Waals surface area (Å²) >= 11 is 0. The molecule has 0 saturated heterocycles. The first-order chi connectivity index (χ1) is 13.3. The molecule has 1 N–H and O–H groups in total. The number of aromatic amines is 1. The van der Waals surface area contributed by atoms with Crippen LogP contribution < -0.4 is 11.2 Å². The van der Waals surface area contributed by atoms with Crippen LogP contribution >= 0.6 is 0 Å². The summed E-state index contributed by atoms with van der Waals surface area (Å²) in [5.74, 6) is -0.0761. The highest BCUT2D eigenvalue weighted by Crippen LogP contribution is 2.21. The number of nitrogens with zero attached hydrogens (tertiary/aromatic N) is 1. The quantitative estimate of drug-likeness (QED) is 0.611. The number of rotatable bonds is 6. The number of aromatic nitrogens is 2. The predicted octanol–water partition coefficient (Wildman–Crippen LogP) is 3.86. The van der Waals surface area contributed by atoms with Gasteiger partial charge in [-0.1, -0.05) is 43.2 Å². The third-order valence-corrected chi connectivity index (χ3v) is 5.35. The standard InChI is InChI=1S/C23H28N2O3/c1-14(2)19-20(21(26)18-12-15(3)11-16(4)13-18)24-23(28)25(22(19)27)10-9-17-7-5-6-8-17/h5,7,11-14,17H,6,8-10H2,1-4H3,(H,24,28). The van der Waals surface area contributed by atoms with E-state index in [0.29, 0.717) is 23.6 Å². The average Bonchev–Trinajstić information content (AvgIpc) is 3.12. The van der Waals surface area contributed by atoms with Gasteiger partial charge >= 0.3 is 5.69 Å². The normalized spacial score (nSPS) is 16.1. The van der Waals surface area contributed by atoms with Crippen LogP contribution in [-0.4, -0.2) is 15.3 Å². The molecule has 1 atom stereocenters. The number of hydrogen-bond acceptors (Lipinski definition) is 3. The summed E-state index contributed by atoms with van der Waals surface area (Å²) < 4.78 is 1.25. The van der Waals surface area contributed by atoms with Crippen molar-refractivity contribution in [1.82, 2.24) is 9.55 Å². The number of hydrogen-bond donors (Lipinski definition) is 1. The lowest BCUT2D eigenvalue weighted by Crippen LogP contribution is -2.40. The fraction of sp³-hybridized carbons (Fsp3) is 0.435. The Hall–Kier alpha value is -2.69. The van der Waals surface area contributed by atoms with E-state index in [0.717, 1.165) is 30.4 Å². The van der Waals surface area contributed by atoms with Gasteiger partial charge in [0.1, 0.15) is 0 Å². The summed E-state index contributed by atoms with van der Waals surface area (Å²) in [5.41, 5.74) is 2.06. The van der Waals surface area contributed by atoms with Crippen LogP contribution in [0, 0.1) is 19.8 Å². The van der Waals surface area contributed by atoms with Crippen molar-refractivity contribution in [3.63, 3.8) is 0 Å². The Balaban J connectivity index is 2.04. The summed E-state index contributed by atoms with van der Waals surface area (Å²) in [4.78, 5) is 41.6. The number of ketones is 1. The van der Waals surface area contributed by atoms with Gasteiger partial charge in [-0.15, -0.1) is 0 Å². The highest BCUT2D eigenvalue weighted by atomic mass is 16.2. The van der Waals surface area contributed by atoms with Gasteiger partial charge in [0.25, 0.3) is 5.56 Å². The molecule has 0 spiro atoms. The van der Waals surface area contributed by atoms with E-state index >= 15 is 0 Å². The zero-order valence-corrected chi connectivity index (χ0v) is 17.0. The highest BCUT2D eigenvalue weighted by molar-refractivity contribution is 6.08. The van der Waals surface area contributed by atoms with Gasteiger partial charge in [0.2, 0.25) is 5.78 Å². The van der Waals surface area contributed by atoms with Crippen molar-refractivity contribution in [2.75, 3.05) is 0 Å². The molecule has 2 aromatic rings. The van der Waals surface area contributed by atoms with Crippen LogP contribution in [0.4, 0.5) is 0 Å². The average molecular weight is 380 g/mol. The SMILES string of the molecule is Cc1cc(C)cc(C(=O)c2[nH]c(=O)n(CCC3C=CCC3)c(=O)c2C(C)C)c1. The number of aryl methyl sites for hydroxylation is 2. The summed E-state index contributed by atoms with van der Waals surface area (Å²) in [6.45, 7) is 7.95. The lowest BCUT2D eigenvalue weighted by atomic mass is 9.95. The van der Waals surface area contributed by atoms with Gasteiger partial charge in [-0.2, -0.15) is 0 Å². The van der Waals surface area contributed by atoms with E-state index in [1.165, 1.54) is 4.57 Å². The van der Waals surface area contributed by atoms with E-state index in [1.807, 2.05) is 33.8 Å². The van der Waals surface area contributed by atoms with Crippen LogP contribution in [0.3, 0.4) is 0 Å². The minimum Gasteiger partial charge on any atom is -0.303 e. The van der Waals surface area contributed by atoms with Crippen LogP contribution in [0.1, 0.15) is 71.8 Å². The minimum atomic E-state index is -0.510. The zero-order chi connectivity index (χ0) is 20.4. The molecule has 0 saturated carbocycles. The molecule has 0 bridgehead atoms. The van der Waals surface area contributed by atoms with E-state index in [-0.39, 0.29) is 23.0 Å². The molecule has 0 fully saturated rings. The zero-order valence-electron chi connectivity index (χ0n) is 17.0. The van der Waals surface area contributed by atoms with E-state index in [9.17, 15) is 14.4 Å². The maximum atomic E-state index is 13.1. The Labute approximate surface area is 165 Å². The second-order valence-corrected chi connectivity index (χ2v) is 8.09. The van der Waals surface area contributed by atoms with Crippen LogP contribution in [0.25, 0.3) is 0 Å². The van der Waals surface area contributed by atoms with Crippen LogP contribution in [0.5, 0.6) is 0 Å². The smallest absolute Gasteiger partial charge is 0.303 e. The van der Waals surface area contributed by atoms with Gasteiger partial charge < -0.3 is 4.98 Å². The van der Waals surface area contributed by atoms with Gasteiger partial charge in [-0.3, -0.25) is 14.2 Å². The highest BCUT2D eigenvalue weighted by Gasteiger charge is 2.23. The molecule has 148 valence electrons. The first kappa shape index (κ1) is 20.1. The molecule has 0 amide bonds. The Bertz CT molecular complexity index is 1020. The second kappa shape index (κ2) is 8.13. The Morgan fingerprint density at radius 3 is 2.43 bits per heavy atom. The van der Waals surface area contributed by atoms with Crippen molar-refractivity contribution >= 4 is 5.78 Å². The number of allylic oxidation sites excluding steroid dienone is 2. The van der Waals surface area contributed by atoms with Crippen LogP contribution in [0.2, 0.25) is 0 Å². The van der Waals surface area contributed by atoms with E-state index in [2.05, 4.69) is 17.1 Å². The van der Waals surface area contributed by atoms with Crippen molar-refractivity contribution in [2.45, 2.75) is 59.4 Å². The van der Waals surface area contributed by atoms with E-state index in [1.54, 1.807) is 12.1 Å². The summed E-state index contributed by atoms with van der Waals surface area (Å²) in [6.07, 6.45) is 7.16. The van der Waals surface area contributed by atoms with Crippen LogP contribution in [0.15, 0.2) is 39.9 Å². The maximum Gasteiger partial charge on any atom is 0.328 e. The summed E-state index contributed by atoms with van der Waals surface area (Å²) in [7, 11) is 0. The molecule has 5 nitrogen and oxygen atoms in total. The second-order valence-electron chi connectivity index (χ2n) is 8.09. The van der Waals surface area contributed by atoms with Crippen LogP contribution in [-0.2, 0) is 6.54 Å². The van der Waals surface area contributed by atoms with Gasteiger partial charge in [-0.05, 0) is 57.1 Å². The lowest BCUT2D eigenvalue weighted by Gasteiger charge is -2.15. The Morgan fingerprint density at radius 1 is 1.18 bits per heavy atom. The van der Waals surface area contributed by atoms with Crippen molar-refractivity contribution in [1.29, 1.82) is 0 Å². The molecule has 5 heteroatoms. The number of H-pyrrole nitrogens is 1. The van der Waals surface area contributed by atoms with Gasteiger partial charge in [-0.25, -0.2) is 4.79 Å². The fourth-order valence-corrected chi connectivity index (χ4v) is 3.98. The van der Waals surface area contributed by atoms with E-state index in [4.69, 9.17) is 0 Å². The van der Waals surface area contributed by atoms with Crippen molar-refractivity contribution in [2.24, 2.45) is 5.92 Å². The molecule has 1 unspecified atom stereocenters. The molecule has 1 aliphatic rings. The number of benzene rings is 1. The predicted molar refractivity (Wildman–Crippen MR) is 111 cm³/mol. The van der Waals surface area contributed by atoms with Crippen molar-refractivity contribution in [3.05, 3.63) is 79.1 Å². The van der Waals surface area contributed by atoms with Gasteiger partial charge in [0, 0.05) is 17.7 Å². The molecule has 1 heterocycles. The number of carbonyl (C=O) groups excluding carboxylic acids is 1. The molecule has 0 radical (unpaired) electrons. The lowest BCUT2D eigenvalue weighted by molar-refractivity contribution is 0.103. The van der Waals surface area contributed by atoms with E-state index < -0.39 is 5.69 Å². The third kappa shape index (κ3) is 4.08. The monoisotopic (exact) mass is 380 g/mol. The van der Waals surface area contributed by atoms with Gasteiger partial charge in [0.15, 0.2) is 0 Å². The molecule has 0 aliphatic heterocycles. The molecular formula is C23H28N2O3. The topological polar surface area (TPSA) is 71.9 Å². The third-order valence-electron chi connectivity index (χ3n) is 5.35. The molecule has 3 rings (SSSR count). The Morgan fingerprint density at radius 2 is 1.86 bits per heavy atom. The molecular weight excluding hydrogens is 352 g/mol. The maximum absolute atomic E-state index is 13.1. The molecule has 28 heavy (non-hydrogen) atoms. The molecule has 1 aliphatic carbocycles. The molecule has 1 aromatic carbocycles. The first-order valence-corrected chi connectivity index (χ1v) is 9.94. The first-order valence-electron chi connectivity index (χ1n) is 9.94. The summed E-state index contributed by atoms with van der Waals surface area (Å²) in [5, 5.41) is 0. The number of carbonyl (C=O) groups is 1.